The number of piperazine rings is 1. The Kier molecular flexibility index (Phi) is 6.23. The van der Waals surface area contributed by atoms with E-state index in [-0.39, 0.29) is 37.0 Å². The van der Waals surface area contributed by atoms with Crippen molar-refractivity contribution in [3.8, 4) is 12.3 Å². The Hall–Kier alpha value is -3.64. The number of benzene rings is 1. The number of sulfonamides is 1. The third kappa shape index (κ3) is 4.47. The van der Waals surface area contributed by atoms with E-state index in [1.165, 1.54) is 15.6 Å². The average Bonchev–Trinajstić information content (AvgIpc) is 3.67. The number of amides is 1. The van der Waals surface area contributed by atoms with Gasteiger partial charge in [-0.2, -0.15) is 9.52 Å². The van der Waals surface area contributed by atoms with Crippen LogP contribution in [0.4, 0.5) is 0 Å². The van der Waals surface area contributed by atoms with Crippen molar-refractivity contribution >= 4 is 38.2 Å². The molecule has 196 valence electrons. The lowest BCUT2D eigenvalue weighted by atomic mass is 10.1. The predicted octanol–water partition coefficient (Wildman–Crippen LogP) is 0.865. The summed E-state index contributed by atoms with van der Waals surface area (Å²) >= 11 is 1.41. The molecule has 1 saturated heterocycles. The van der Waals surface area contributed by atoms with Gasteiger partial charge in [0.15, 0.2) is 10.8 Å². The van der Waals surface area contributed by atoms with Crippen LogP contribution in [0.5, 0.6) is 0 Å². The number of likely N-dealkylation sites (N-methyl/N-ethyl adjacent to an activating group) is 1. The summed E-state index contributed by atoms with van der Waals surface area (Å²) in [4.78, 5) is 26.3. The van der Waals surface area contributed by atoms with Gasteiger partial charge in [0.2, 0.25) is 0 Å². The number of tetrazole rings is 1. The number of hydrogen-bond donors (Lipinski definition) is 2. The molecule has 3 aromatic heterocycles. The van der Waals surface area contributed by atoms with Gasteiger partial charge in [0.25, 0.3) is 15.9 Å². The summed E-state index contributed by atoms with van der Waals surface area (Å²) in [5.74, 6) is 2.77. The Morgan fingerprint density at radius 3 is 2.92 bits per heavy atom. The van der Waals surface area contributed by atoms with E-state index in [1.807, 2.05) is 7.05 Å². The van der Waals surface area contributed by atoms with E-state index in [0.29, 0.717) is 21.9 Å². The fraction of sp³-hybridized carbons (Fsp3) is 0.375. The van der Waals surface area contributed by atoms with Crippen molar-refractivity contribution in [1.82, 2.24) is 44.7 Å². The molecule has 0 radical (unpaired) electrons. The third-order valence-electron chi connectivity index (χ3n) is 7.00. The SMILES string of the molecule is C#Cc1ccc2[nH]c(S(=O)(=O)N3CCN(C(=O)c4nc5c(s4)CN(C)CC5)C(Cc4nn[nH]n4)C3)cc2c1. The lowest BCUT2D eigenvalue weighted by Crippen LogP contribution is -2.57. The average molecular weight is 552 g/mol. The van der Waals surface area contributed by atoms with Gasteiger partial charge in [-0.1, -0.05) is 11.1 Å². The van der Waals surface area contributed by atoms with Gasteiger partial charge in [-0.25, -0.2) is 13.4 Å². The number of terminal acetylenes is 1. The molecule has 6 rings (SSSR count). The molecule has 1 unspecified atom stereocenters. The lowest BCUT2D eigenvalue weighted by Gasteiger charge is -2.39. The number of hydrogen-bond acceptors (Lipinski definition) is 9. The number of aromatic nitrogens is 6. The molecule has 2 N–H and O–H groups in total. The van der Waals surface area contributed by atoms with Crippen LogP contribution in [-0.2, 0) is 29.4 Å². The van der Waals surface area contributed by atoms with Crippen LogP contribution < -0.4 is 0 Å². The second kappa shape index (κ2) is 9.59. The first-order valence-corrected chi connectivity index (χ1v) is 14.4. The summed E-state index contributed by atoms with van der Waals surface area (Å²) in [6, 6.07) is 6.39. The van der Waals surface area contributed by atoms with E-state index in [4.69, 9.17) is 6.42 Å². The predicted molar refractivity (Wildman–Crippen MR) is 140 cm³/mol. The zero-order valence-corrected chi connectivity index (χ0v) is 22.2. The second-order valence-electron chi connectivity index (χ2n) is 9.50. The number of nitrogens with one attached hydrogen (secondary N) is 2. The molecule has 0 bridgehead atoms. The molecular weight excluding hydrogens is 526 g/mol. The Morgan fingerprint density at radius 1 is 1.26 bits per heavy atom. The number of carbonyl (C=O) groups is 1. The highest BCUT2D eigenvalue weighted by Gasteiger charge is 2.39. The Labute approximate surface area is 223 Å². The van der Waals surface area contributed by atoms with Gasteiger partial charge in [0.1, 0.15) is 5.03 Å². The van der Waals surface area contributed by atoms with Crippen LogP contribution in [0.15, 0.2) is 29.3 Å². The molecule has 38 heavy (non-hydrogen) atoms. The Balaban J connectivity index is 1.28. The fourth-order valence-electron chi connectivity index (χ4n) is 4.98. The van der Waals surface area contributed by atoms with E-state index in [1.54, 1.807) is 29.2 Å². The maximum absolute atomic E-state index is 13.7. The van der Waals surface area contributed by atoms with E-state index in [2.05, 4.69) is 41.4 Å². The molecule has 1 aromatic carbocycles. The quantitative estimate of drug-likeness (QED) is 0.348. The van der Waals surface area contributed by atoms with Gasteiger partial charge in [-0.3, -0.25) is 4.79 Å². The van der Waals surface area contributed by atoms with Gasteiger partial charge in [0, 0.05) is 66.9 Å². The van der Waals surface area contributed by atoms with Crippen molar-refractivity contribution in [3.05, 3.63) is 51.2 Å². The van der Waals surface area contributed by atoms with E-state index in [0.717, 1.165) is 35.5 Å². The third-order valence-corrected chi connectivity index (χ3v) is 9.86. The maximum Gasteiger partial charge on any atom is 0.283 e. The second-order valence-corrected chi connectivity index (χ2v) is 12.5. The first-order chi connectivity index (χ1) is 18.3. The molecule has 12 nitrogen and oxygen atoms in total. The number of rotatable bonds is 5. The molecule has 1 amide bonds. The Morgan fingerprint density at radius 2 is 2.13 bits per heavy atom. The van der Waals surface area contributed by atoms with Gasteiger partial charge < -0.3 is 14.8 Å². The zero-order valence-electron chi connectivity index (χ0n) is 20.6. The minimum Gasteiger partial charge on any atom is -0.345 e. The first-order valence-electron chi connectivity index (χ1n) is 12.1. The monoisotopic (exact) mass is 551 g/mol. The number of carbonyl (C=O) groups excluding carboxylic acids is 1. The molecule has 14 heteroatoms. The Bertz CT molecular complexity index is 1650. The van der Waals surface area contributed by atoms with Crippen LogP contribution in [-0.4, -0.2) is 98.3 Å². The van der Waals surface area contributed by atoms with Crippen molar-refractivity contribution in [3.63, 3.8) is 0 Å². The number of H-pyrrole nitrogens is 2. The molecule has 1 fully saturated rings. The first kappa shape index (κ1) is 24.7. The maximum atomic E-state index is 13.7. The summed E-state index contributed by atoms with van der Waals surface area (Å²) in [6.07, 6.45) is 6.55. The fourth-order valence-corrected chi connectivity index (χ4v) is 7.61. The van der Waals surface area contributed by atoms with Crippen molar-refractivity contribution in [1.29, 1.82) is 0 Å². The van der Waals surface area contributed by atoms with Crippen LogP contribution in [0.2, 0.25) is 0 Å². The molecule has 0 saturated carbocycles. The van der Waals surface area contributed by atoms with Crippen LogP contribution >= 0.6 is 11.3 Å². The van der Waals surface area contributed by atoms with Crippen LogP contribution in [0.1, 0.15) is 31.8 Å². The van der Waals surface area contributed by atoms with Crippen LogP contribution in [0, 0.1) is 12.3 Å². The van der Waals surface area contributed by atoms with Gasteiger partial charge in [-0.15, -0.1) is 28.0 Å². The minimum atomic E-state index is -3.87. The number of thiazole rings is 1. The number of fused-ring (bicyclic) bond motifs is 2. The summed E-state index contributed by atoms with van der Waals surface area (Å²) in [5, 5.41) is 15.3. The summed E-state index contributed by atoms with van der Waals surface area (Å²) in [6.45, 7) is 2.12. The molecule has 0 spiro atoms. The van der Waals surface area contributed by atoms with Gasteiger partial charge >= 0.3 is 0 Å². The highest BCUT2D eigenvalue weighted by molar-refractivity contribution is 7.89. The molecular formula is C24H25N9O3S2. The van der Waals surface area contributed by atoms with E-state index < -0.39 is 16.1 Å². The zero-order chi connectivity index (χ0) is 26.4. The lowest BCUT2D eigenvalue weighted by molar-refractivity contribution is 0.0561. The summed E-state index contributed by atoms with van der Waals surface area (Å²) in [5.41, 5.74) is 2.32. The van der Waals surface area contributed by atoms with Crippen molar-refractivity contribution in [2.24, 2.45) is 0 Å². The molecule has 0 aliphatic carbocycles. The highest BCUT2D eigenvalue weighted by Crippen LogP contribution is 2.29. The molecule has 1 atom stereocenters. The molecule has 2 aliphatic heterocycles. The van der Waals surface area contributed by atoms with Crippen LogP contribution in [0.3, 0.4) is 0 Å². The molecule has 4 aromatic rings. The minimum absolute atomic E-state index is 0.0801. The number of nitrogens with zero attached hydrogens (tertiary/aromatic N) is 7. The van der Waals surface area contributed by atoms with E-state index in [9.17, 15) is 13.2 Å². The highest BCUT2D eigenvalue weighted by atomic mass is 32.2. The standard InChI is InChI=1S/C24H25N9O3S2/c1-3-15-4-5-18-16(10-15)11-22(25-18)38(35,36)32-8-9-33(17(13-32)12-21-27-29-30-28-21)24(34)23-26-19-6-7-31(2)14-20(19)37-23/h1,4-5,10-11,17,25H,6-9,12-14H2,2H3,(H,27,28,29,30). The van der Waals surface area contributed by atoms with Crippen molar-refractivity contribution in [2.45, 2.75) is 30.5 Å². The molecule has 2 aliphatic rings. The number of aromatic amines is 2. The van der Waals surface area contributed by atoms with Gasteiger partial charge in [-0.05, 0) is 31.3 Å². The smallest absolute Gasteiger partial charge is 0.283 e. The topological polar surface area (TPSA) is 144 Å². The van der Waals surface area contributed by atoms with Gasteiger partial charge in [0.05, 0.1) is 11.7 Å². The largest absolute Gasteiger partial charge is 0.345 e. The summed E-state index contributed by atoms with van der Waals surface area (Å²) < 4.78 is 28.7. The van der Waals surface area contributed by atoms with Crippen molar-refractivity contribution in [2.75, 3.05) is 33.2 Å². The van der Waals surface area contributed by atoms with E-state index >= 15 is 0 Å². The summed E-state index contributed by atoms with van der Waals surface area (Å²) in [7, 11) is -1.82. The van der Waals surface area contributed by atoms with Crippen LogP contribution in [0.25, 0.3) is 10.9 Å². The van der Waals surface area contributed by atoms with Crippen molar-refractivity contribution < 1.29 is 13.2 Å². The normalized spacial score (nSPS) is 18.9. The molecule has 5 heterocycles.